The van der Waals surface area contributed by atoms with Crippen LogP contribution in [0.4, 0.5) is 17.1 Å². The fraction of sp³-hybridized carbons (Fsp3) is 0. The van der Waals surface area contributed by atoms with E-state index in [2.05, 4.69) is 94.8 Å². The molecule has 45 heavy (non-hydrogen) atoms. The largest absolute Gasteiger partial charge is 0.454 e. The summed E-state index contributed by atoms with van der Waals surface area (Å²) in [4.78, 5) is 11.6. The van der Waals surface area contributed by atoms with Crippen LogP contribution in [0.2, 0.25) is 0 Å². The first-order chi connectivity index (χ1) is 22.3. The molecule has 0 spiro atoms. The highest BCUT2D eigenvalue weighted by molar-refractivity contribution is 6.26. The minimum absolute atomic E-state index is 0.765. The van der Waals surface area contributed by atoms with Crippen molar-refractivity contribution in [2.45, 2.75) is 0 Å². The number of pyridine rings is 2. The monoisotopic (exact) mass is 577 g/mol. The Hall–Kier alpha value is -6.20. The lowest BCUT2D eigenvalue weighted by molar-refractivity contribution is 0.668. The average Bonchev–Trinajstić information content (AvgIpc) is 3.67. The molecule has 0 unspecified atom stereocenters. The predicted octanol–water partition coefficient (Wildman–Crippen LogP) is 11.2. The number of aromatic nitrogens is 2. The summed E-state index contributed by atoms with van der Waals surface area (Å²) >= 11 is 0. The lowest BCUT2D eigenvalue weighted by atomic mass is 9.94. The number of hydrogen-bond donors (Lipinski definition) is 0. The fourth-order valence-corrected chi connectivity index (χ4v) is 6.97. The van der Waals surface area contributed by atoms with Gasteiger partial charge in [0.2, 0.25) is 0 Å². The van der Waals surface area contributed by atoms with E-state index in [9.17, 15) is 0 Å². The fourth-order valence-electron chi connectivity index (χ4n) is 6.97. The summed E-state index contributed by atoms with van der Waals surface area (Å²) in [6.45, 7) is 0. The van der Waals surface area contributed by atoms with Gasteiger partial charge in [0.1, 0.15) is 22.4 Å². The molecule has 4 heterocycles. The lowest BCUT2D eigenvalue weighted by Gasteiger charge is -2.26. The van der Waals surface area contributed by atoms with Crippen molar-refractivity contribution < 1.29 is 8.83 Å². The van der Waals surface area contributed by atoms with E-state index in [1.54, 1.807) is 6.20 Å². The molecule has 0 bridgehead atoms. The van der Waals surface area contributed by atoms with Crippen LogP contribution < -0.4 is 4.90 Å². The van der Waals surface area contributed by atoms with Gasteiger partial charge in [-0.05, 0) is 80.8 Å². The van der Waals surface area contributed by atoms with Crippen LogP contribution in [0, 0.1) is 0 Å². The van der Waals surface area contributed by atoms with Crippen molar-refractivity contribution in [2.24, 2.45) is 0 Å². The summed E-state index contributed by atoms with van der Waals surface area (Å²) in [6.07, 6.45) is 5.59. The number of para-hydroxylation sites is 1. The van der Waals surface area contributed by atoms with E-state index in [0.29, 0.717) is 0 Å². The molecule has 0 aliphatic heterocycles. The maximum atomic E-state index is 6.55. The van der Waals surface area contributed by atoms with Crippen molar-refractivity contribution in [3.63, 3.8) is 0 Å². The molecule has 0 radical (unpaired) electrons. The molecule has 10 rings (SSSR count). The van der Waals surface area contributed by atoms with E-state index in [0.717, 1.165) is 61.1 Å². The number of hydrogen-bond acceptors (Lipinski definition) is 5. The van der Waals surface area contributed by atoms with Crippen LogP contribution in [-0.4, -0.2) is 9.97 Å². The molecule has 0 saturated carbocycles. The highest BCUT2D eigenvalue weighted by Crippen LogP contribution is 2.45. The number of furan rings is 2. The third-order valence-electron chi connectivity index (χ3n) is 8.96. The van der Waals surface area contributed by atoms with Crippen molar-refractivity contribution in [3.8, 4) is 0 Å². The van der Waals surface area contributed by atoms with E-state index in [1.807, 2.05) is 48.8 Å². The minimum Gasteiger partial charge on any atom is -0.454 e. The Morgan fingerprint density at radius 2 is 1.04 bits per heavy atom. The van der Waals surface area contributed by atoms with Gasteiger partial charge in [-0.15, -0.1) is 0 Å². The Labute approximate surface area is 256 Å². The van der Waals surface area contributed by atoms with E-state index >= 15 is 0 Å². The topological polar surface area (TPSA) is 55.3 Å². The van der Waals surface area contributed by atoms with Crippen LogP contribution in [0.15, 0.2) is 149 Å². The average molecular weight is 578 g/mol. The summed E-state index contributed by atoms with van der Waals surface area (Å²) in [5.74, 6) is 0. The van der Waals surface area contributed by atoms with Gasteiger partial charge in [0.15, 0.2) is 11.2 Å². The van der Waals surface area contributed by atoms with Gasteiger partial charge in [-0.1, -0.05) is 72.8 Å². The summed E-state index contributed by atoms with van der Waals surface area (Å²) in [6, 6.07) is 42.3. The second kappa shape index (κ2) is 9.15. The first-order valence-electron chi connectivity index (χ1n) is 15.0. The van der Waals surface area contributed by atoms with Gasteiger partial charge in [0.05, 0.1) is 6.20 Å². The molecular weight excluding hydrogens is 554 g/mol. The smallest absolute Gasteiger partial charge is 0.162 e. The molecule has 0 N–H and O–H groups in total. The van der Waals surface area contributed by atoms with Gasteiger partial charge in [-0.25, -0.2) is 0 Å². The van der Waals surface area contributed by atoms with Crippen molar-refractivity contribution in [1.82, 2.24) is 9.97 Å². The first kappa shape index (κ1) is 24.3. The molecule has 210 valence electrons. The van der Waals surface area contributed by atoms with Crippen LogP contribution in [-0.2, 0) is 0 Å². The molecule has 10 aromatic rings. The number of fused-ring (bicyclic) bond motifs is 12. The molecular formula is C40H23N3O2. The van der Waals surface area contributed by atoms with Crippen molar-refractivity contribution in [3.05, 3.63) is 140 Å². The third kappa shape index (κ3) is 3.49. The first-order valence-corrected chi connectivity index (χ1v) is 15.0. The molecule has 5 nitrogen and oxygen atoms in total. The third-order valence-corrected chi connectivity index (χ3v) is 8.96. The number of benzene rings is 6. The van der Waals surface area contributed by atoms with Gasteiger partial charge >= 0.3 is 0 Å². The number of rotatable bonds is 3. The maximum Gasteiger partial charge on any atom is 0.162 e. The summed E-state index contributed by atoms with van der Waals surface area (Å²) in [5, 5.41) is 10.3. The molecule has 6 aromatic carbocycles. The van der Waals surface area contributed by atoms with Crippen molar-refractivity contribution in [2.75, 3.05) is 4.90 Å². The Morgan fingerprint density at radius 3 is 1.82 bits per heavy atom. The Kier molecular flexibility index (Phi) is 4.93. The molecule has 5 heteroatoms. The zero-order chi connectivity index (χ0) is 29.5. The van der Waals surface area contributed by atoms with Crippen LogP contribution >= 0.6 is 0 Å². The minimum atomic E-state index is 0.765. The van der Waals surface area contributed by atoms with Crippen molar-refractivity contribution >= 4 is 93.4 Å². The highest BCUT2D eigenvalue weighted by atomic mass is 16.3. The van der Waals surface area contributed by atoms with E-state index in [4.69, 9.17) is 13.8 Å². The molecule has 4 aromatic heterocycles. The van der Waals surface area contributed by atoms with Gasteiger partial charge < -0.3 is 13.7 Å². The highest BCUT2D eigenvalue weighted by Gasteiger charge is 2.22. The number of anilines is 3. The second-order valence-electron chi connectivity index (χ2n) is 11.4. The summed E-state index contributed by atoms with van der Waals surface area (Å²) in [7, 11) is 0. The standard InChI is InChI=1S/C40H23N3O2/c1-2-10-28-26(8-1)27-9-3-4-11-29(27)32-20-24(15-17-30(28)32)43(25-16-18-37-33(21-25)39-38(44-37)14-7-19-42-39)35-23-41-22-34-31-12-5-6-13-36(31)45-40(34)35/h1-23H. The predicted molar refractivity (Wildman–Crippen MR) is 184 cm³/mol. The zero-order valence-electron chi connectivity index (χ0n) is 23.9. The molecule has 0 atom stereocenters. The molecule has 0 amide bonds. The normalized spacial score (nSPS) is 12.0. The van der Waals surface area contributed by atoms with Crippen LogP contribution in [0.1, 0.15) is 0 Å². The van der Waals surface area contributed by atoms with Crippen LogP contribution in [0.25, 0.3) is 76.3 Å². The van der Waals surface area contributed by atoms with Gasteiger partial charge in [0.25, 0.3) is 0 Å². The van der Waals surface area contributed by atoms with Gasteiger partial charge in [-0.3, -0.25) is 9.97 Å². The maximum absolute atomic E-state index is 6.55. The van der Waals surface area contributed by atoms with Crippen LogP contribution in [0.5, 0.6) is 0 Å². The zero-order valence-corrected chi connectivity index (χ0v) is 23.9. The molecule has 0 aliphatic rings. The van der Waals surface area contributed by atoms with E-state index < -0.39 is 0 Å². The second-order valence-corrected chi connectivity index (χ2v) is 11.4. The SMILES string of the molecule is c1ccc2c(c1)oc1c(N(c3ccc4c5ccccc5c5ccccc5c4c3)c3ccc4oc5cccnc5c4c3)cncc12. The summed E-state index contributed by atoms with van der Waals surface area (Å²) in [5.41, 5.74) is 6.82. The van der Waals surface area contributed by atoms with E-state index in [-0.39, 0.29) is 0 Å². The quantitative estimate of drug-likeness (QED) is 0.196. The van der Waals surface area contributed by atoms with Crippen LogP contribution in [0.3, 0.4) is 0 Å². The molecule has 0 fully saturated rings. The van der Waals surface area contributed by atoms with Gasteiger partial charge in [0, 0.05) is 39.9 Å². The Morgan fingerprint density at radius 1 is 0.444 bits per heavy atom. The summed E-state index contributed by atoms with van der Waals surface area (Å²) < 4.78 is 12.7. The van der Waals surface area contributed by atoms with Gasteiger partial charge in [-0.2, -0.15) is 0 Å². The lowest BCUT2D eigenvalue weighted by Crippen LogP contribution is -2.10. The molecule has 0 aliphatic carbocycles. The Balaban J connectivity index is 1.30. The van der Waals surface area contributed by atoms with Crippen molar-refractivity contribution in [1.29, 1.82) is 0 Å². The number of nitrogens with zero attached hydrogens (tertiary/aromatic N) is 3. The molecule has 0 saturated heterocycles. The Bertz CT molecular complexity index is 2760. The van der Waals surface area contributed by atoms with E-state index in [1.165, 1.54) is 32.3 Å².